The Balaban J connectivity index is 2.59. The third-order valence-corrected chi connectivity index (χ3v) is 3.30. The summed E-state index contributed by atoms with van der Waals surface area (Å²) in [6, 6.07) is 3.92. The van der Waals surface area contributed by atoms with E-state index >= 15 is 0 Å². The fraction of sp³-hybridized carbons (Fsp3) is 0.600. The first kappa shape index (κ1) is 16.4. The third kappa shape index (κ3) is 5.17. The summed E-state index contributed by atoms with van der Waals surface area (Å²) in [5.74, 6) is 0.314. The van der Waals surface area contributed by atoms with Gasteiger partial charge in [-0.1, -0.05) is 13.3 Å². The maximum absolute atomic E-state index is 12.1. The standard InChI is InChI=1S/C15H26N4O/c1-5-6-13-9-12(10-14(16)18-13)15(20)17-7-8-19(4)11(2)3/h9-11H,5-8H2,1-4H3,(H2,16,18)(H,17,20). The van der Waals surface area contributed by atoms with Gasteiger partial charge in [0.25, 0.3) is 5.91 Å². The van der Waals surface area contributed by atoms with E-state index in [4.69, 9.17) is 5.73 Å². The molecule has 0 aromatic carbocycles. The maximum Gasteiger partial charge on any atom is 0.251 e. The van der Waals surface area contributed by atoms with Crippen LogP contribution in [0.4, 0.5) is 5.82 Å². The van der Waals surface area contributed by atoms with E-state index in [2.05, 4.69) is 36.0 Å². The van der Waals surface area contributed by atoms with Crippen LogP contribution in [0.15, 0.2) is 12.1 Å². The largest absolute Gasteiger partial charge is 0.384 e. The van der Waals surface area contributed by atoms with Crippen molar-refractivity contribution < 1.29 is 4.79 Å². The Hall–Kier alpha value is -1.62. The number of nitrogen functional groups attached to an aromatic ring is 1. The van der Waals surface area contributed by atoms with Gasteiger partial charge in [0, 0.05) is 30.4 Å². The average molecular weight is 278 g/mol. The predicted molar refractivity (Wildman–Crippen MR) is 82.7 cm³/mol. The van der Waals surface area contributed by atoms with Crippen molar-refractivity contribution >= 4 is 11.7 Å². The minimum atomic E-state index is -0.0893. The summed E-state index contributed by atoms with van der Waals surface area (Å²) in [4.78, 5) is 18.5. The molecule has 20 heavy (non-hydrogen) atoms. The van der Waals surface area contributed by atoms with Gasteiger partial charge in [-0.25, -0.2) is 4.98 Å². The van der Waals surface area contributed by atoms with Crippen molar-refractivity contribution in [1.82, 2.24) is 15.2 Å². The zero-order valence-corrected chi connectivity index (χ0v) is 12.9. The molecule has 0 spiro atoms. The molecule has 112 valence electrons. The topological polar surface area (TPSA) is 71.2 Å². The van der Waals surface area contributed by atoms with Gasteiger partial charge >= 0.3 is 0 Å². The summed E-state index contributed by atoms with van der Waals surface area (Å²) < 4.78 is 0. The molecule has 0 radical (unpaired) electrons. The number of nitrogens with one attached hydrogen (secondary N) is 1. The fourth-order valence-corrected chi connectivity index (χ4v) is 1.83. The van der Waals surface area contributed by atoms with Crippen LogP contribution in [-0.2, 0) is 6.42 Å². The molecule has 0 aliphatic heterocycles. The van der Waals surface area contributed by atoms with Crippen LogP contribution in [0.1, 0.15) is 43.2 Å². The number of amides is 1. The maximum atomic E-state index is 12.1. The molecule has 1 aromatic heterocycles. The van der Waals surface area contributed by atoms with Crippen LogP contribution in [-0.4, -0.2) is 42.0 Å². The number of nitrogens with zero attached hydrogens (tertiary/aromatic N) is 2. The quantitative estimate of drug-likeness (QED) is 0.796. The molecule has 1 amide bonds. The van der Waals surface area contributed by atoms with E-state index in [0.717, 1.165) is 25.1 Å². The number of carbonyl (C=O) groups is 1. The van der Waals surface area contributed by atoms with Crippen LogP contribution < -0.4 is 11.1 Å². The molecule has 0 unspecified atom stereocenters. The van der Waals surface area contributed by atoms with Gasteiger partial charge < -0.3 is 16.0 Å². The molecule has 5 nitrogen and oxygen atoms in total. The van der Waals surface area contributed by atoms with Gasteiger partial charge in [-0.3, -0.25) is 4.79 Å². The second-order valence-electron chi connectivity index (χ2n) is 5.35. The highest BCUT2D eigenvalue weighted by Crippen LogP contribution is 2.09. The molecule has 1 aromatic rings. The highest BCUT2D eigenvalue weighted by Gasteiger charge is 2.09. The Morgan fingerprint density at radius 3 is 2.75 bits per heavy atom. The Labute approximate surface area is 121 Å². The van der Waals surface area contributed by atoms with Crippen molar-refractivity contribution in [3.63, 3.8) is 0 Å². The van der Waals surface area contributed by atoms with Gasteiger partial charge in [-0.05, 0) is 39.4 Å². The summed E-state index contributed by atoms with van der Waals surface area (Å²) >= 11 is 0. The summed E-state index contributed by atoms with van der Waals surface area (Å²) in [7, 11) is 2.04. The summed E-state index contributed by atoms with van der Waals surface area (Å²) in [5, 5.41) is 2.92. The van der Waals surface area contributed by atoms with Crippen molar-refractivity contribution in [2.24, 2.45) is 0 Å². The molecule has 0 fully saturated rings. The first-order chi connectivity index (χ1) is 9.43. The van der Waals surface area contributed by atoms with Gasteiger partial charge in [0.05, 0.1) is 0 Å². The normalized spacial score (nSPS) is 11.1. The van der Waals surface area contributed by atoms with Crippen LogP contribution in [0.2, 0.25) is 0 Å². The van der Waals surface area contributed by atoms with E-state index in [9.17, 15) is 4.79 Å². The lowest BCUT2D eigenvalue weighted by molar-refractivity contribution is 0.0948. The number of likely N-dealkylation sites (N-methyl/N-ethyl adjacent to an activating group) is 1. The number of hydrogen-bond donors (Lipinski definition) is 2. The van der Waals surface area contributed by atoms with Gasteiger partial charge in [0.1, 0.15) is 5.82 Å². The van der Waals surface area contributed by atoms with Crippen molar-refractivity contribution in [2.75, 3.05) is 25.9 Å². The average Bonchev–Trinajstić information content (AvgIpc) is 2.38. The third-order valence-electron chi connectivity index (χ3n) is 3.30. The minimum absolute atomic E-state index is 0.0893. The van der Waals surface area contributed by atoms with Crippen LogP contribution >= 0.6 is 0 Å². The summed E-state index contributed by atoms with van der Waals surface area (Å²) in [5.41, 5.74) is 7.21. The fourth-order valence-electron chi connectivity index (χ4n) is 1.83. The molecule has 0 saturated carbocycles. The predicted octanol–water partition coefficient (Wildman–Crippen LogP) is 1.69. The molecule has 0 saturated heterocycles. The number of carbonyl (C=O) groups excluding carboxylic acids is 1. The number of nitrogens with two attached hydrogens (primary N) is 1. The number of rotatable bonds is 7. The molecule has 3 N–H and O–H groups in total. The van der Waals surface area contributed by atoms with Crippen LogP contribution in [0.5, 0.6) is 0 Å². The molecule has 1 heterocycles. The SMILES string of the molecule is CCCc1cc(C(=O)NCCN(C)C(C)C)cc(N)n1. The lowest BCUT2D eigenvalue weighted by Gasteiger charge is -2.20. The van der Waals surface area contributed by atoms with Crippen LogP contribution in [0, 0.1) is 0 Å². The zero-order chi connectivity index (χ0) is 15.1. The molecule has 5 heteroatoms. The first-order valence-electron chi connectivity index (χ1n) is 7.19. The number of aromatic nitrogens is 1. The van der Waals surface area contributed by atoms with E-state index in [1.165, 1.54) is 0 Å². The smallest absolute Gasteiger partial charge is 0.251 e. The number of aryl methyl sites for hydroxylation is 1. The number of pyridine rings is 1. The summed E-state index contributed by atoms with van der Waals surface area (Å²) in [6.45, 7) is 7.78. The number of hydrogen-bond acceptors (Lipinski definition) is 4. The lowest BCUT2D eigenvalue weighted by atomic mass is 10.1. The Bertz CT molecular complexity index is 445. The second kappa shape index (κ2) is 7.85. The molecule has 1 rings (SSSR count). The van der Waals surface area contributed by atoms with Gasteiger partial charge in [0.15, 0.2) is 0 Å². The van der Waals surface area contributed by atoms with Gasteiger partial charge in [-0.15, -0.1) is 0 Å². The molecule has 0 bridgehead atoms. The van der Waals surface area contributed by atoms with Crippen molar-refractivity contribution in [2.45, 2.75) is 39.7 Å². The van der Waals surface area contributed by atoms with E-state index in [1.54, 1.807) is 6.07 Å². The Kier molecular flexibility index (Phi) is 6.45. The minimum Gasteiger partial charge on any atom is -0.384 e. The molecule has 0 aliphatic rings. The molecular formula is C15H26N4O. The Morgan fingerprint density at radius 2 is 2.15 bits per heavy atom. The van der Waals surface area contributed by atoms with E-state index in [1.807, 2.05) is 13.1 Å². The highest BCUT2D eigenvalue weighted by molar-refractivity contribution is 5.94. The van der Waals surface area contributed by atoms with E-state index in [-0.39, 0.29) is 5.91 Å². The highest BCUT2D eigenvalue weighted by atomic mass is 16.1. The molecule has 0 atom stereocenters. The lowest BCUT2D eigenvalue weighted by Crippen LogP contribution is -2.36. The van der Waals surface area contributed by atoms with Crippen molar-refractivity contribution in [1.29, 1.82) is 0 Å². The van der Waals surface area contributed by atoms with Crippen LogP contribution in [0.3, 0.4) is 0 Å². The molecule has 0 aliphatic carbocycles. The second-order valence-corrected chi connectivity index (χ2v) is 5.35. The van der Waals surface area contributed by atoms with Crippen molar-refractivity contribution in [3.8, 4) is 0 Å². The van der Waals surface area contributed by atoms with Crippen molar-refractivity contribution in [3.05, 3.63) is 23.4 Å². The monoisotopic (exact) mass is 278 g/mol. The first-order valence-corrected chi connectivity index (χ1v) is 7.19. The summed E-state index contributed by atoms with van der Waals surface area (Å²) in [6.07, 6.45) is 1.82. The van der Waals surface area contributed by atoms with Crippen LogP contribution in [0.25, 0.3) is 0 Å². The zero-order valence-electron chi connectivity index (χ0n) is 12.9. The van der Waals surface area contributed by atoms with Gasteiger partial charge in [-0.2, -0.15) is 0 Å². The van der Waals surface area contributed by atoms with E-state index in [0.29, 0.717) is 24.0 Å². The number of anilines is 1. The molecular weight excluding hydrogens is 252 g/mol. The van der Waals surface area contributed by atoms with E-state index < -0.39 is 0 Å². The Morgan fingerprint density at radius 1 is 1.45 bits per heavy atom. The van der Waals surface area contributed by atoms with Gasteiger partial charge in [0.2, 0.25) is 0 Å².